The van der Waals surface area contributed by atoms with Crippen molar-refractivity contribution in [3.8, 4) is 11.5 Å². The molecular weight excluding hydrogens is 540 g/mol. The number of hydrogen-bond acceptors (Lipinski definition) is 8. The predicted molar refractivity (Wildman–Crippen MR) is 159 cm³/mol. The minimum absolute atomic E-state index is 0.0316. The van der Waals surface area contributed by atoms with Gasteiger partial charge in [-0.2, -0.15) is 0 Å². The van der Waals surface area contributed by atoms with Gasteiger partial charge in [-0.1, -0.05) is 24.3 Å². The largest absolute Gasteiger partial charge is 0.507 e. The summed E-state index contributed by atoms with van der Waals surface area (Å²) in [6.45, 7) is 0. The zero-order valence-corrected chi connectivity index (χ0v) is 22.9. The maximum atomic E-state index is 11.1. The first-order valence-corrected chi connectivity index (χ1v) is 14.7. The molecule has 0 bridgehead atoms. The van der Waals surface area contributed by atoms with E-state index in [0.29, 0.717) is 35.4 Å². The van der Waals surface area contributed by atoms with Gasteiger partial charge in [0, 0.05) is 39.8 Å². The molecule has 2 atom stereocenters. The highest BCUT2D eigenvalue weighted by atomic mass is 32.2. The third kappa shape index (κ3) is 4.74. The molecule has 2 N–H and O–H groups in total. The highest BCUT2D eigenvalue weighted by molar-refractivity contribution is 8.00. The zero-order chi connectivity index (χ0) is 27.1. The van der Waals surface area contributed by atoms with E-state index in [4.69, 9.17) is 18.8 Å². The Bertz CT molecular complexity index is 1620. The number of rotatable bonds is 4. The van der Waals surface area contributed by atoms with Gasteiger partial charge in [-0.25, -0.2) is 0 Å². The van der Waals surface area contributed by atoms with Crippen molar-refractivity contribution in [1.29, 1.82) is 0 Å². The first-order chi connectivity index (χ1) is 19.6. The normalized spacial score (nSPS) is 18.6. The van der Waals surface area contributed by atoms with Crippen LogP contribution >= 0.6 is 23.5 Å². The fourth-order valence-electron chi connectivity index (χ4n) is 5.07. The predicted octanol–water partition coefficient (Wildman–Crippen LogP) is 9.00. The van der Waals surface area contributed by atoms with Crippen LogP contribution in [-0.4, -0.2) is 21.6 Å². The number of phenolic OH excluding ortho intramolecular Hbond substituents is 2. The van der Waals surface area contributed by atoms with Gasteiger partial charge in [-0.3, -0.25) is 9.98 Å². The smallest absolute Gasteiger partial charge is 0.128 e. The van der Waals surface area contributed by atoms with Gasteiger partial charge < -0.3 is 19.0 Å². The van der Waals surface area contributed by atoms with Crippen LogP contribution < -0.4 is 0 Å². The van der Waals surface area contributed by atoms with E-state index in [0.717, 1.165) is 32.7 Å². The number of benzene rings is 3. The standard InChI is InChI=1S/C32H24N2O4S2/c35-25-18-26(36)20(24-17-32(28-10-6-14-38-28)40-30-12-4-2-8-22(30)34-24)15-19(25)23-16-31(27-9-5-13-37-27)39-29-11-3-1-7-21(29)33-23/h1-15,18,31-32,35-36H,16-17H2/t31-,32+. The van der Waals surface area contributed by atoms with Crippen molar-refractivity contribution in [1.82, 2.24) is 0 Å². The molecule has 198 valence electrons. The molecular formula is C32H24N2O4S2. The van der Waals surface area contributed by atoms with Crippen LogP contribution in [0.3, 0.4) is 0 Å². The summed E-state index contributed by atoms with van der Waals surface area (Å²) in [7, 11) is 0. The first-order valence-electron chi connectivity index (χ1n) is 12.9. The number of hydrogen-bond donors (Lipinski definition) is 2. The van der Waals surface area contributed by atoms with E-state index in [1.807, 2.05) is 66.7 Å². The van der Waals surface area contributed by atoms with E-state index in [1.54, 1.807) is 36.1 Å². The summed E-state index contributed by atoms with van der Waals surface area (Å²) in [5.74, 6) is 1.62. The zero-order valence-electron chi connectivity index (χ0n) is 21.2. The Morgan fingerprint density at radius 3 is 1.52 bits per heavy atom. The number of aromatic hydroxyl groups is 2. The van der Waals surface area contributed by atoms with E-state index in [9.17, 15) is 10.2 Å². The number of phenols is 2. The fraction of sp³-hybridized carbons (Fsp3) is 0.125. The van der Waals surface area contributed by atoms with Gasteiger partial charge in [-0.15, -0.1) is 23.5 Å². The minimum Gasteiger partial charge on any atom is -0.507 e. The summed E-state index contributed by atoms with van der Waals surface area (Å²) in [6, 6.07) is 26.9. The number of thioether (sulfide) groups is 2. The molecule has 5 aromatic rings. The molecule has 0 saturated heterocycles. The lowest BCUT2D eigenvalue weighted by Gasteiger charge is -2.17. The summed E-state index contributed by atoms with van der Waals surface area (Å²) in [5, 5.41) is 22.2. The maximum absolute atomic E-state index is 11.1. The van der Waals surface area contributed by atoms with Crippen LogP contribution in [0, 0.1) is 0 Å². The number of para-hydroxylation sites is 2. The van der Waals surface area contributed by atoms with E-state index in [2.05, 4.69) is 12.1 Å². The Hall–Kier alpha value is -4.14. The maximum Gasteiger partial charge on any atom is 0.128 e. The van der Waals surface area contributed by atoms with Crippen molar-refractivity contribution in [2.75, 3.05) is 0 Å². The SMILES string of the molecule is Oc1cc(O)c(C2=Nc3ccccc3S[C@@H](c3ccco3)C2)cc1C1=Nc2ccccc2S[C@H](c2ccco2)C1. The van der Waals surface area contributed by atoms with Crippen LogP contribution in [0.15, 0.2) is 126 Å². The topological polar surface area (TPSA) is 91.5 Å². The molecule has 3 aromatic carbocycles. The van der Waals surface area contributed by atoms with Crippen LogP contribution in [-0.2, 0) is 0 Å². The summed E-state index contributed by atoms with van der Waals surface area (Å²) in [5.41, 5.74) is 4.21. The van der Waals surface area contributed by atoms with Crippen LogP contribution in [0.5, 0.6) is 11.5 Å². The summed E-state index contributed by atoms with van der Waals surface area (Å²) in [6.07, 6.45) is 4.42. The number of nitrogens with zero attached hydrogens (tertiary/aromatic N) is 2. The monoisotopic (exact) mass is 564 g/mol. The molecule has 8 heteroatoms. The average Bonchev–Trinajstić information content (AvgIpc) is 3.62. The Morgan fingerprint density at radius 2 is 1.07 bits per heavy atom. The van der Waals surface area contributed by atoms with Gasteiger partial charge in [0.15, 0.2) is 0 Å². The van der Waals surface area contributed by atoms with E-state index in [-0.39, 0.29) is 22.0 Å². The summed E-state index contributed by atoms with van der Waals surface area (Å²) < 4.78 is 11.6. The Kier molecular flexibility index (Phi) is 6.49. The fourth-order valence-corrected chi connectivity index (χ4v) is 7.45. The molecule has 6 nitrogen and oxygen atoms in total. The van der Waals surface area contributed by atoms with Crippen molar-refractivity contribution in [2.24, 2.45) is 9.98 Å². The lowest BCUT2D eigenvalue weighted by atomic mass is 9.96. The van der Waals surface area contributed by atoms with Crippen LogP contribution in [0.2, 0.25) is 0 Å². The molecule has 7 rings (SSSR count). The van der Waals surface area contributed by atoms with E-state index < -0.39 is 0 Å². The van der Waals surface area contributed by atoms with Crippen molar-refractivity contribution >= 4 is 46.3 Å². The van der Waals surface area contributed by atoms with Gasteiger partial charge in [0.1, 0.15) is 23.0 Å². The molecule has 0 saturated carbocycles. The van der Waals surface area contributed by atoms with Crippen LogP contribution in [0.25, 0.3) is 0 Å². The van der Waals surface area contributed by atoms with E-state index >= 15 is 0 Å². The first kappa shape index (κ1) is 24.9. The minimum atomic E-state index is -0.0332. The molecule has 0 aliphatic carbocycles. The molecule has 2 aliphatic heterocycles. The molecule has 0 amide bonds. The Balaban J connectivity index is 1.35. The molecule has 0 unspecified atom stereocenters. The van der Waals surface area contributed by atoms with Crippen molar-refractivity contribution < 1.29 is 19.0 Å². The second kappa shape index (κ2) is 10.4. The molecule has 0 radical (unpaired) electrons. The van der Waals surface area contributed by atoms with Crippen molar-refractivity contribution in [3.63, 3.8) is 0 Å². The Morgan fingerprint density at radius 1 is 0.600 bits per heavy atom. The quantitative estimate of drug-likeness (QED) is 0.226. The lowest BCUT2D eigenvalue weighted by molar-refractivity contribution is 0.448. The average molecular weight is 565 g/mol. The molecule has 2 aromatic heterocycles. The van der Waals surface area contributed by atoms with Crippen molar-refractivity contribution in [3.05, 3.63) is 120 Å². The van der Waals surface area contributed by atoms with Crippen molar-refractivity contribution in [2.45, 2.75) is 33.1 Å². The summed E-state index contributed by atoms with van der Waals surface area (Å²) >= 11 is 3.39. The van der Waals surface area contributed by atoms with Crippen LogP contribution in [0.1, 0.15) is 46.0 Å². The van der Waals surface area contributed by atoms with Gasteiger partial charge in [0.2, 0.25) is 0 Å². The number of furan rings is 2. The Labute approximate surface area is 239 Å². The third-order valence-electron chi connectivity index (χ3n) is 6.99. The molecule has 0 fully saturated rings. The second-order valence-electron chi connectivity index (χ2n) is 9.59. The molecule has 4 heterocycles. The number of aliphatic imine (C=N–C) groups is 2. The molecule has 40 heavy (non-hydrogen) atoms. The second-order valence-corrected chi connectivity index (χ2v) is 12.1. The van der Waals surface area contributed by atoms with Gasteiger partial charge >= 0.3 is 0 Å². The highest BCUT2D eigenvalue weighted by Gasteiger charge is 2.29. The van der Waals surface area contributed by atoms with Gasteiger partial charge in [-0.05, 0) is 54.6 Å². The van der Waals surface area contributed by atoms with Gasteiger partial charge in [0.05, 0.1) is 45.8 Å². The molecule has 0 spiro atoms. The lowest BCUT2D eigenvalue weighted by Crippen LogP contribution is -2.10. The summed E-state index contributed by atoms with van der Waals surface area (Å²) in [4.78, 5) is 12.1. The third-order valence-corrected chi connectivity index (χ3v) is 9.56. The highest BCUT2D eigenvalue weighted by Crippen LogP contribution is 2.48. The van der Waals surface area contributed by atoms with Gasteiger partial charge in [0.25, 0.3) is 0 Å². The molecule has 2 aliphatic rings. The van der Waals surface area contributed by atoms with Crippen LogP contribution in [0.4, 0.5) is 11.4 Å². The number of fused-ring (bicyclic) bond motifs is 2. The van der Waals surface area contributed by atoms with E-state index in [1.165, 1.54) is 6.07 Å².